The normalized spacial score (nSPS) is 11.1. The smallest absolute Gasteiger partial charge is 0.269 e. The van der Waals surface area contributed by atoms with Crippen molar-refractivity contribution >= 4 is 22.6 Å². The minimum atomic E-state index is 0.0871. The van der Waals surface area contributed by atoms with Crippen molar-refractivity contribution in [2.45, 2.75) is 33.4 Å². The second-order valence-corrected chi connectivity index (χ2v) is 6.01. The first-order valence-electron chi connectivity index (χ1n) is 7.92. The minimum Gasteiger partial charge on any atom is -0.307 e. The standard InChI is InChI=1S/C19H21N3O/c1-14(2)22(16-9-5-4-6-10-16)19(23)13-21-15(3)20-17-11-7-8-12-18(17)21/h4-12,14H,13H2,1-3H3/p+1. The van der Waals surface area contributed by atoms with Gasteiger partial charge in [-0.15, -0.1) is 0 Å². The molecule has 1 aromatic heterocycles. The zero-order chi connectivity index (χ0) is 16.4. The Kier molecular flexibility index (Phi) is 4.15. The Bertz CT molecular complexity index is 821. The molecule has 4 heteroatoms. The van der Waals surface area contributed by atoms with Crippen LogP contribution in [0.4, 0.5) is 5.69 Å². The maximum absolute atomic E-state index is 12.9. The van der Waals surface area contributed by atoms with Crippen molar-refractivity contribution in [3.05, 3.63) is 60.4 Å². The summed E-state index contributed by atoms with van der Waals surface area (Å²) in [6.45, 7) is 6.40. The third kappa shape index (κ3) is 2.97. The Morgan fingerprint density at radius 1 is 1.09 bits per heavy atom. The van der Waals surface area contributed by atoms with Crippen LogP contribution in [-0.2, 0) is 11.3 Å². The number of carbonyl (C=O) groups excluding carboxylic acids is 1. The van der Waals surface area contributed by atoms with Gasteiger partial charge in [0.2, 0.25) is 0 Å². The summed E-state index contributed by atoms with van der Waals surface area (Å²) in [4.78, 5) is 18.1. The lowest BCUT2D eigenvalue weighted by Gasteiger charge is -2.26. The molecule has 0 spiro atoms. The molecule has 0 aliphatic heterocycles. The summed E-state index contributed by atoms with van der Waals surface area (Å²) in [5.41, 5.74) is 3.04. The maximum Gasteiger partial charge on any atom is 0.269 e. The number of carbonyl (C=O) groups is 1. The molecule has 0 saturated heterocycles. The molecule has 1 N–H and O–H groups in total. The number of para-hydroxylation sites is 3. The molecule has 4 nitrogen and oxygen atoms in total. The van der Waals surface area contributed by atoms with Crippen molar-refractivity contribution in [2.24, 2.45) is 0 Å². The summed E-state index contributed by atoms with van der Waals surface area (Å²) in [5, 5.41) is 0. The van der Waals surface area contributed by atoms with E-state index in [9.17, 15) is 4.79 Å². The fraction of sp³-hybridized carbons (Fsp3) is 0.263. The van der Waals surface area contributed by atoms with Crippen molar-refractivity contribution in [1.29, 1.82) is 0 Å². The average molecular weight is 308 g/mol. The van der Waals surface area contributed by atoms with E-state index < -0.39 is 0 Å². The number of hydrogen-bond donors (Lipinski definition) is 1. The molecule has 23 heavy (non-hydrogen) atoms. The van der Waals surface area contributed by atoms with Crippen LogP contribution in [0, 0.1) is 6.92 Å². The summed E-state index contributed by atoms with van der Waals surface area (Å²) in [6, 6.07) is 18.0. The number of nitrogens with zero attached hydrogens (tertiary/aromatic N) is 2. The number of nitrogens with one attached hydrogen (secondary N) is 1. The lowest BCUT2D eigenvalue weighted by atomic mass is 10.2. The summed E-state index contributed by atoms with van der Waals surface area (Å²) in [7, 11) is 0. The predicted molar refractivity (Wildman–Crippen MR) is 92.3 cm³/mol. The Morgan fingerprint density at radius 2 is 1.74 bits per heavy atom. The topological polar surface area (TPSA) is 40.0 Å². The van der Waals surface area contributed by atoms with E-state index in [1.165, 1.54) is 0 Å². The van der Waals surface area contributed by atoms with Crippen LogP contribution in [0.2, 0.25) is 0 Å². The van der Waals surface area contributed by atoms with Crippen molar-refractivity contribution < 1.29 is 9.36 Å². The molecule has 1 heterocycles. The molecule has 0 aliphatic rings. The summed E-state index contributed by atoms with van der Waals surface area (Å²) < 4.78 is 2.04. The van der Waals surface area contributed by atoms with Crippen LogP contribution >= 0.6 is 0 Å². The fourth-order valence-electron chi connectivity index (χ4n) is 2.99. The number of aryl methyl sites for hydroxylation is 1. The van der Waals surface area contributed by atoms with E-state index in [2.05, 4.69) is 4.98 Å². The van der Waals surface area contributed by atoms with Crippen LogP contribution in [0.25, 0.3) is 11.0 Å². The third-order valence-electron chi connectivity index (χ3n) is 4.03. The van der Waals surface area contributed by atoms with E-state index in [1.54, 1.807) is 0 Å². The molecule has 3 aromatic rings. The molecule has 0 radical (unpaired) electrons. The Hall–Kier alpha value is -2.62. The van der Waals surface area contributed by atoms with Crippen LogP contribution in [0.3, 0.4) is 0 Å². The molecule has 0 saturated carbocycles. The van der Waals surface area contributed by atoms with Gasteiger partial charge in [0.25, 0.3) is 11.7 Å². The largest absolute Gasteiger partial charge is 0.307 e. The molecule has 0 aliphatic carbocycles. The second kappa shape index (κ2) is 6.24. The summed E-state index contributed by atoms with van der Waals surface area (Å²) >= 11 is 0. The quantitative estimate of drug-likeness (QED) is 0.739. The molecule has 0 bridgehead atoms. The molecular weight excluding hydrogens is 286 g/mol. The number of H-pyrrole nitrogens is 1. The van der Waals surface area contributed by atoms with Crippen LogP contribution in [0.5, 0.6) is 0 Å². The van der Waals surface area contributed by atoms with Crippen molar-refractivity contribution in [2.75, 3.05) is 4.90 Å². The SMILES string of the molecule is Cc1[nH]c2ccccc2[n+]1CC(=O)N(c1ccccc1)C(C)C. The highest BCUT2D eigenvalue weighted by molar-refractivity contribution is 5.93. The number of fused-ring (bicyclic) bond motifs is 1. The fourth-order valence-corrected chi connectivity index (χ4v) is 2.99. The van der Waals surface area contributed by atoms with Crippen molar-refractivity contribution in [3.63, 3.8) is 0 Å². The summed E-state index contributed by atoms with van der Waals surface area (Å²) in [6.07, 6.45) is 0. The Morgan fingerprint density at radius 3 is 2.43 bits per heavy atom. The second-order valence-electron chi connectivity index (χ2n) is 6.01. The van der Waals surface area contributed by atoms with Crippen molar-refractivity contribution in [3.8, 4) is 0 Å². The number of benzene rings is 2. The maximum atomic E-state index is 12.9. The number of imidazole rings is 1. The first kappa shape index (κ1) is 15.3. The van der Waals surface area contributed by atoms with E-state index in [4.69, 9.17) is 0 Å². The van der Waals surface area contributed by atoms with Gasteiger partial charge in [0, 0.05) is 18.7 Å². The zero-order valence-corrected chi connectivity index (χ0v) is 13.8. The van der Waals surface area contributed by atoms with Crippen molar-refractivity contribution in [1.82, 2.24) is 4.98 Å². The van der Waals surface area contributed by atoms with Gasteiger partial charge in [0.15, 0.2) is 17.6 Å². The number of hydrogen-bond acceptors (Lipinski definition) is 1. The van der Waals surface area contributed by atoms with Gasteiger partial charge < -0.3 is 4.90 Å². The van der Waals surface area contributed by atoms with E-state index in [1.807, 2.05) is 84.8 Å². The lowest BCUT2D eigenvalue weighted by Crippen LogP contribution is -2.48. The highest BCUT2D eigenvalue weighted by Crippen LogP contribution is 2.17. The average Bonchev–Trinajstić information content (AvgIpc) is 2.84. The first-order chi connectivity index (χ1) is 11.1. The molecule has 3 rings (SSSR count). The number of aromatic nitrogens is 2. The van der Waals surface area contributed by atoms with Gasteiger partial charge in [-0.25, -0.2) is 9.55 Å². The van der Waals surface area contributed by atoms with E-state index in [-0.39, 0.29) is 11.9 Å². The Labute approximate surface area is 136 Å². The van der Waals surface area contributed by atoms with Crippen LogP contribution in [-0.4, -0.2) is 16.9 Å². The molecule has 0 fully saturated rings. The first-order valence-corrected chi connectivity index (χ1v) is 7.92. The highest BCUT2D eigenvalue weighted by atomic mass is 16.2. The minimum absolute atomic E-state index is 0.0871. The number of rotatable bonds is 4. The number of amides is 1. The molecule has 2 aromatic carbocycles. The molecule has 0 unspecified atom stereocenters. The van der Waals surface area contributed by atoms with E-state index >= 15 is 0 Å². The lowest BCUT2D eigenvalue weighted by molar-refractivity contribution is -0.664. The van der Waals surface area contributed by atoms with Gasteiger partial charge in [-0.05, 0) is 38.1 Å². The van der Waals surface area contributed by atoms with Gasteiger partial charge in [-0.3, -0.25) is 4.79 Å². The van der Waals surface area contributed by atoms with Crippen LogP contribution < -0.4 is 9.47 Å². The molecular formula is C19H22N3O+. The summed E-state index contributed by atoms with van der Waals surface area (Å²) in [5.74, 6) is 1.07. The van der Waals surface area contributed by atoms with Gasteiger partial charge in [0.05, 0.1) is 0 Å². The number of anilines is 1. The third-order valence-corrected chi connectivity index (χ3v) is 4.03. The molecule has 0 atom stereocenters. The molecule has 118 valence electrons. The van der Waals surface area contributed by atoms with E-state index in [0.29, 0.717) is 6.54 Å². The molecule has 1 amide bonds. The van der Waals surface area contributed by atoms with E-state index in [0.717, 1.165) is 22.5 Å². The van der Waals surface area contributed by atoms with Gasteiger partial charge in [-0.1, -0.05) is 30.3 Å². The highest BCUT2D eigenvalue weighted by Gasteiger charge is 2.24. The number of aromatic amines is 1. The van der Waals surface area contributed by atoms with Gasteiger partial charge in [-0.2, -0.15) is 0 Å². The van der Waals surface area contributed by atoms with Crippen LogP contribution in [0.1, 0.15) is 19.7 Å². The van der Waals surface area contributed by atoms with Gasteiger partial charge >= 0.3 is 0 Å². The predicted octanol–water partition coefficient (Wildman–Crippen LogP) is 3.21. The van der Waals surface area contributed by atoms with Crippen LogP contribution in [0.15, 0.2) is 54.6 Å². The van der Waals surface area contributed by atoms with Gasteiger partial charge in [0.1, 0.15) is 0 Å². The Balaban J connectivity index is 1.94. The monoisotopic (exact) mass is 308 g/mol. The zero-order valence-electron chi connectivity index (χ0n) is 13.8.